The van der Waals surface area contributed by atoms with Crippen LogP contribution in [0.2, 0.25) is 0 Å². The van der Waals surface area contributed by atoms with Crippen LogP contribution in [-0.4, -0.2) is 27.3 Å². The standard InChI is InChI=1S/C8H11N3O2S/c9-6-1-2-11(8(12)10-6)5-7-13-3-4-14-7/h1-2,7H,3-5H2,(H2,9,10,12)/t7-/m0/s1. The van der Waals surface area contributed by atoms with Gasteiger partial charge in [-0.1, -0.05) is 0 Å². The molecule has 1 atom stereocenters. The molecule has 1 aromatic rings. The first kappa shape index (κ1) is 9.54. The van der Waals surface area contributed by atoms with Crippen LogP contribution in [0.4, 0.5) is 5.82 Å². The summed E-state index contributed by atoms with van der Waals surface area (Å²) in [5.74, 6) is 1.24. The van der Waals surface area contributed by atoms with E-state index in [4.69, 9.17) is 10.5 Å². The van der Waals surface area contributed by atoms with Crippen LogP contribution in [0.15, 0.2) is 17.1 Å². The van der Waals surface area contributed by atoms with Crippen molar-refractivity contribution in [3.8, 4) is 0 Å². The molecule has 0 radical (unpaired) electrons. The number of nitrogen functional groups attached to an aromatic ring is 1. The van der Waals surface area contributed by atoms with Gasteiger partial charge in [0.15, 0.2) is 0 Å². The van der Waals surface area contributed by atoms with E-state index in [-0.39, 0.29) is 16.9 Å². The lowest BCUT2D eigenvalue weighted by Crippen LogP contribution is -2.27. The normalized spacial score (nSPS) is 21.3. The van der Waals surface area contributed by atoms with Crippen molar-refractivity contribution in [2.45, 2.75) is 12.0 Å². The Balaban J connectivity index is 2.12. The average Bonchev–Trinajstić information content (AvgIpc) is 2.62. The summed E-state index contributed by atoms with van der Waals surface area (Å²) in [6, 6.07) is 1.61. The van der Waals surface area contributed by atoms with E-state index in [2.05, 4.69) is 4.98 Å². The first-order valence-electron chi connectivity index (χ1n) is 4.32. The summed E-state index contributed by atoms with van der Waals surface area (Å²) in [6.45, 7) is 1.29. The lowest BCUT2D eigenvalue weighted by molar-refractivity contribution is 0.129. The molecule has 1 saturated heterocycles. The van der Waals surface area contributed by atoms with Gasteiger partial charge in [-0.15, -0.1) is 11.8 Å². The van der Waals surface area contributed by atoms with Crippen molar-refractivity contribution in [3.63, 3.8) is 0 Å². The molecule has 1 aliphatic heterocycles. The third kappa shape index (κ3) is 2.08. The van der Waals surface area contributed by atoms with Gasteiger partial charge in [0, 0.05) is 11.9 Å². The Morgan fingerprint density at radius 1 is 1.79 bits per heavy atom. The maximum atomic E-state index is 11.3. The van der Waals surface area contributed by atoms with Gasteiger partial charge in [0.25, 0.3) is 0 Å². The molecule has 6 heteroatoms. The minimum Gasteiger partial charge on any atom is -0.383 e. The maximum absolute atomic E-state index is 11.3. The molecular weight excluding hydrogens is 202 g/mol. The number of thioether (sulfide) groups is 1. The van der Waals surface area contributed by atoms with Crippen molar-refractivity contribution in [2.24, 2.45) is 0 Å². The number of rotatable bonds is 2. The second-order valence-corrected chi connectivity index (χ2v) is 4.23. The van der Waals surface area contributed by atoms with Gasteiger partial charge in [0.05, 0.1) is 13.2 Å². The summed E-state index contributed by atoms with van der Waals surface area (Å²) >= 11 is 1.71. The number of nitrogens with two attached hydrogens (primary N) is 1. The molecule has 0 spiro atoms. The topological polar surface area (TPSA) is 70.1 Å². The molecule has 0 saturated carbocycles. The first-order chi connectivity index (χ1) is 6.75. The zero-order valence-corrected chi connectivity index (χ0v) is 8.37. The molecule has 2 rings (SSSR count). The van der Waals surface area contributed by atoms with E-state index < -0.39 is 0 Å². The largest absolute Gasteiger partial charge is 0.383 e. The van der Waals surface area contributed by atoms with Crippen molar-refractivity contribution < 1.29 is 4.74 Å². The highest BCUT2D eigenvalue weighted by Gasteiger charge is 2.16. The number of aromatic nitrogens is 2. The quantitative estimate of drug-likeness (QED) is 0.743. The van der Waals surface area contributed by atoms with Gasteiger partial charge in [0.2, 0.25) is 0 Å². The lowest BCUT2D eigenvalue weighted by Gasteiger charge is -2.09. The van der Waals surface area contributed by atoms with E-state index in [1.54, 1.807) is 24.0 Å². The third-order valence-electron chi connectivity index (χ3n) is 1.93. The summed E-state index contributed by atoms with van der Waals surface area (Å²) in [6.07, 6.45) is 1.65. The second-order valence-electron chi connectivity index (χ2n) is 2.96. The predicted octanol–water partition coefficient (Wildman–Crippen LogP) is -0.0850. The molecule has 14 heavy (non-hydrogen) atoms. The summed E-state index contributed by atoms with van der Waals surface area (Å²) < 4.78 is 6.90. The number of nitrogens with zero attached hydrogens (tertiary/aromatic N) is 2. The summed E-state index contributed by atoms with van der Waals surface area (Å²) in [5, 5.41) is 0. The fourth-order valence-corrected chi connectivity index (χ4v) is 2.17. The molecule has 0 bridgehead atoms. The van der Waals surface area contributed by atoms with Gasteiger partial charge in [-0.05, 0) is 6.07 Å². The molecule has 0 aliphatic carbocycles. The van der Waals surface area contributed by atoms with Crippen molar-refractivity contribution >= 4 is 17.6 Å². The monoisotopic (exact) mass is 213 g/mol. The van der Waals surface area contributed by atoms with Crippen LogP contribution in [0.5, 0.6) is 0 Å². The van der Waals surface area contributed by atoms with Crippen LogP contribution in [0.3, 0.4) is 0 Å². The summed E-state index contributed by atoms with van der Waals surface area (Å²) in [5.41, 5.74) is 5.12. The van der Waals surface area contributed by atoms with Crippen LogP contribution in [0, 0.1) is 0 Å². The zero-order valence-electron chi connectivity index (χ0n) is 7.55. The van der Waals surface area contributed by atoms with E-state index in [0.717, 1.165) is 12.4 Å². The van der Waals surface area contributed by atoms with Crippen LogP contribution in [-0.2, 0) is 11.3 Å². The zero-order chi connectivity index (χ0) is 9.97. The SMILES string of the molecule is Nc1ccn(C[C@H]2OCCS2)c(=O)n1. The van der Waals surface area contributed by atoms with Gasteiger partial charge in [-0.3, -0.25) is 4.57 Å². The predicted molar refractivity (Wildman–Crippen MR) is 55.1 cm³/mol. The fourth-order valence-electron chi connectivity index (χ4n) is 1.25. The highest BCUT2D eigenvalue weighted by atomic mass is 32.2. The molecule has 2 N–H and O–H groups in total. The minimum atomic E-state index is -0.318. The first-order valence-corrected chi connectivity index (χ1v) is 5.37. The molecule has 1 aromatic heterocycles. The molecule has 5 nitrogen and oxygen atoms in total. The molecule has 1 fully saturated rings. The average molecular weight is 213 g/mol. The van der Waals surface area contributed by atoms with Crippen molar-refractivity contribution in [1.29, 1.82) is 0 Å². The molecule has 2 heterocycles. The van der Waals surface area contributed by atoms with E-state index in [1.165, 1.54) is 4.57 Å². The number of hydrogen-bond donors (Lipinski definition) is 1. The molecule has 0 aromatic carbocycles. The van der Waals surface area contributed by atoms with Gasteiger partial charge >= 0.3 is 5.69 Å². The highest BCUT2D eigenvalue weighted by Crippen LogP contribution is 2.20. The molecule has 0 amide bonds. The third-order valence-corrected chi connectivity index (χ3v) is 2.99. The molecular formula is C8H11N3O2S. The fraction of sp³-hybridized carbons (Fsp3) is 0.500. The van der Waals surface area contributed by atoms with Crippen LogP contribution < -0.4 is 11.4 Å². The minimum absolute atomic E-state index is 0.0677. The number of anilines is 1. The lowest BCUT2D eigenvalue weighted by atomic mass is 10.5. The second kappa shape index (κ2) is 4.02. The maximum Gasteiger partial charge on any atom is 0.349 e. The van der Waals surface area contributed by atoms with Gasteiger partial charge in [0.1, 0.15) is 11.3 Å². The van der Waals surface area contributed by atoms with E-state index in [9.17, 15) is 4.79 Å². The number of hydrogen-bond acceptors (Lipinski definition) is 5. The Morgan fingerprint density at radius 2 is 2.64 bits per heavy atom. The smallest absolute Gasteiger partial charge is 0.349 e. The van der Waals surface area contributed by atoms with E-state index >= 15 is 0 Å². The van der Waals surface area contributed by atoms with Gasteiger partial charge < -0.3 is 10.5 Å². The molecule has 1 aliphatic rings. The Morgan fingerprint density at radius 3 is 3.29 bits per heavy atom. The van der Waals surface area contributed by atoms with Gasteiger partial charge in [-0.2, -0.15) is 4.98 Å². The summed E-state index contributed by atoms with van der Waals surface area (Å²) in [4.78, 5) is 15.0. The Labute approximate surface area is 85.3 Å². The van der Waals surface area contributed by atoms with Crippen molar-refractivity contribution in [3.05, 3.63) is 22.7 Å². The van der Waals surface area contributed by atoms with E-state index in [0.29, 0.717) is 6.54 Å². The Kier molecular flexibility index (Phi) is 2.74. The van der Waals surface area contributed by atoms with Crippen LogP contribution >= 0.6 is 11.8 Å². The number of ether oxygens (including phenoxy) is 1. The van der Waals surface area contributed by atoms with Crippen molar-refractivity contribution in [2.75, 3.05) is 18.1 Å². The Bertz CT molecular complexity index is 373. The van der Waals surface area contributed by atoms with Crippen LogP contribution in [0.25, 0.3) is 0 Å². The summed E-state index contributed by atoms with van der Waals surface area (Å²) in [7, 11) is 0. The van der Waals surface area contributed by atoms with E-state index in [1.807, 2.05) is 0 Å². The molecule has 76 valence electrons. The Hall–Kier alpha value is -1.01. The van der Waals surface area contributed by atoms with Gasteiger partial charge in [-0.25, -0.2) is 4.79 Å². The van der Waals surface area contributed by atoms with Crippen LogP contribution in [0.1, 0.15) is 0 Å². The van der Waals surface area contributed by atoms with Crippen molar-refractivity contribution in [1.82, 2.24) is 9.55 Å². The highest BCUT2D eigenvalue weighted by molar-refractivity contribution is 7.99. The molecule has 0 unspecified atom stereocenters.